The van der Waals surface area contributed by atoms with Crippen molar-refractivity contribution in [1.82, 2.24) is 10.2 Å². The zero-order chi connectivity index (χ0) is 12.1. The summed E-state index contributed by atoms with van der Waals surface area (Å²) in [6, 6.07) is 3.28. The van der Waals surface area contributed by atoms with Crippen LogP contribution in [-0.2, 0) is 0 Å². The average molecular weight is 237 g/mol. The molecule has 0 amide bonds. The van der Waals surface area contributed by atoms with Crippen LogP contribution in [0, 0.1) is 5.92 Å². The highest BCUT2D eigenvalue weighted by atomic mass is 16.2. The van der Waals surface area contributed by atoms with E-state index in [2.05, 4.69) is 15.1 Å². The molecule has 0 aliphatic carbocycles. The zero-order valence-electron chi connectivity index (χ0n) is 9.93. The summed E-state index contributed by atoms with van der Waals surface area (Å²) in [7, 11) is 0. The Kier molecular flexibility index (Phi) is 4.14. The number of hydrogen-bond donors (Lipinski definition) is 2. The third-order valence-electron chi connectivity index (χ3n) is 3.37. The standard InChI is InChI=1S/C12H19N3O2/c16-9-1-2-10-5-7-15(8-6-10)11-3-4-12(17)14-13-11/h3-4,10,16H,1-2,5-9H2,(H,14,17). The lowest BCUT2D eigenvalue weighted by molar-refractivity contribution is 0.261. The van der Waals surface area contributed by atoms with Crippen LogP contribution in [0.5, 0.6) is 0 Å². The molecule has 1 fully saturated rings. The first-order valence-electron chi connectivity index (χ1n) is 6.21. The summed E-state index contributed by atoms with van der Waals surface area (Å²) in [5.41, 5.74) is -0.161. The maximum Gasteiger partial charge on any atom is 0.264 e. The van der Waals surface area contributed by atoms with Gasteiger partial charge in [-0.2, -0.15) is 5.10 Å². The van der Waals surface area contributed by atoms with Gasteiger partial charge in [0.15, 0.2) is 0 Å². The van der Waals surface area contributed by atoms with Crippen molar-refractivity contribution in [2.24, 2.45) is 5.92 Å². The van der Waals surface area contributed by atoms with Gasteiger partial charge in [-0.05, 0) is 37.7 Å². The maximum atomic E-state index is 10.9. The summed E-state index contributed by atoms with van der Waals surface area (Å²) >= 11 is 0. The number of aliphatic hydroxyl groups is 1. The molecule has 1 aromatic heterocycles. The van der Waals surface area contributed by atoms with Crippen LogP contribution in [0.15, 0.2) is 16.9 Å². The molecule has 2 N–H and O–H groups in total. The Bertz CT molecular complexity index is 376. The molecular formula is C12H19N3O2. The smallest absolute Gasteiger partial charge is 0.264 e. The molecule has 0 aromatic carbocycles. The van der Waals surface area contributed by atoms with Crippen LogP contribution in [0.4, 0.5) is 5.82 Å². The average Bonchev–Trinajstić information content (AvgIpc) is 2.38. The first-order valence-corrected chi connectivity index (χ1v) is 6.21. The highest BCUT2D eigenvalue weighted by molar-refractivity contribution is 5.36. The van der Waals surface area contributed by atoms with Crippen LogP contribution in [0.1, 0.15) is 25.7 Å². The van der Waals surface area contributed by atoms with Crippen LogP contribution >= 0.6 is 0 Å². The molecule has 17 heavy (non-hydrogen) atoms. The molecule has 5 heteroatoms. The summed E-state index contributed by atoms with van der Waals surface area (Å²) < 4.78 is 0. The number of hydrogen-bond acceptors (Lipinski definition) is 4. The molecule has 0 bridgehead atoms. The number of anilines is 1. The van der Waals surface area contributed by atoms with Crippen molar-refractivity contribution in [3.05, 3.63) is 22.5 Å². The predicted octanol–water partition coefficient (Wildman–Crippen LogP) is 0.759. The second kappa shape index (κ2) is 5.82. The van der Waals surface area contributed by atoms with Gasteiger partial charge in [0.25, 0.3) is 5.56 Å². The molecule has 1 aromatic rings. The lowest BCUT2D eigenvalue weighted by atomic mass is 9.92. The van der Waals surface area contributed by atoms with Crippen molar-refractivity contribution in [2.45, 2.75) is 25.7 Å². The summed E-state index contributed by atoms with van der Waals surface area (Å²) in [5, 5.41) is 15.3. The lowest BCUT2D eigenvalue weighted by Gasteiger charge is -2.32. The minimum absolute atomic E-state index is 0.161. The first-order chi connectivity index (χ1) is 8.29. The zero-order valence-corrected chi connectivity index (χ0v) is 9.93. The topological polar surface area (TPSA) is 69.2 Å². The molecule has 1 aliphatic rings. The van der Waals surface area contributed by atoms with Gasteiger partial charge in [0.1, 0.15) is 5.82 Å². The fourth-order valence-corrected chi connectivity index (χ4v) is 2.34. The van der Waals surface area contributed by atoms with Crippen molar-refractivity contribution in [2.75, 3.05) is 24.6 Å². The Balaban J connectivity index is 1.86. The van der Waals surface area contributed by atoms with E-state index in [0.29, 0.717) is 6.61 Å². The van der Waals surface area contributed by atoms with E-state index in [1.807, 2.05) is 0 Å². The third-order valence-corrected chi connectivity index (χ3v) is 3.37. The number of H-pyrrole nitrogens is 1. The highest BCUT2D eigenvalue weighted by Gasteiger charge is 2.19. The van der Waals surface area contributed by atoms with Gasteiger partial charge in [-0.3, -0.25) is 4.79 Å². The quantitative estimate of drug-likeness (QED) is 0.811. The Labute approximate surface area is 100 Å². The van der Waals surface area contributed by atoms with Crippen LogP contribution < -0.4 is 10.5 Å². The third kappa shape index (κ3) is 3.30. The van der Waals surface area contributed by atoms with Crippen molar-refractivity contribution in [3.63, 3.8) is 0 Å². The van der Waals surface area contributed by atoms with Crippen LogP contribution in [0.2, 0.25) is 0 Å². The monoisotopic (exact) mass is 237 g/mol. The molecule has 2 heterocycles. The van der Waals surface area contributed by atoms with Gasteiger partial charge in [-0.15, -0.1) is 0 Å². The van der Waals surface area contributed by atoms with Crippen molar-refractivity contribution >= 4 is 5.82 Å². The minimum Gasteiger partial charge on any atom is -0.396 e. The number of rotatable bonds is 4. The number of piperidine rings is 1. The Morgan fingerprint density at radius 3 is 2.76 bits per heavy atom. The van der Waals surface area contributed by atoms with Gasteiger partial charge in [-0.25, -0.2) is 5.10 Å². The molecule has 0 spiro atoms. The van der Waals surface area contributed by atoms with Gasteiger partial charge in [0.2, 0.25) is 0 Å². The number of nitrogens with one attached hydrogen (secondary N) is 1. The van der Waals surface area contributed by atoms with Gasteiger partial charge in [-0.1, -0.05) is 0 Å². The van der Waals surface area contributed by atoms with Crippen molar-refractivity contribution in [3.8, 4) is 0 Å². The molecule has 0 radical (unpaired) electrons. The van der Waals surface area contributed by atoms with Crippen LogP contribution in [0.25, 0.3) is 0 Å². The molecule has 2 rings (SSSR count). The van der Waals surface area contributed by atoms with E-state index in [1.54, 1.807) is 6.07 Å². The first kappa shape index (κ1) is 12.1. The summed E-state index contributed by atoms with van der Waals surface area (Å²) in [4.78, 5) is 13.1. The SMILES string of the molecule is O=c1ccc(N2CCC(CCCO)CC2)n[nH]1. The maximum absolute atomic E-state index is 10.9. The number of aromatic nitrogens is 2. The van der Waals surface area contributed by atoms with E-state index in [4.69, 9.17) is 5.11 Å². The van der Waals surface area contributed by atoms with E-state index < -0.39 is 0 Å². The minimum atomic E-state index is -0.161. The second-order valence-corrected chi connectivity index (χ2v) is 4.58. The molecule has 0 unspecified atom stereocenters. The largest absolute Gasteiger partial charge is 0.396 e. The van der Waals surface area contributed by atoms with E-state index in [-0.39, 0.29) is 5.56 Å². The Hall–Kier alpha value is -1.36. The van der Waals surface area contributed by atoms with Gasteiger partial charge < -0.3 is 10.0 Å². The lowest BCUT2D eigenvalue weighted by Crippen LogP contribution is -2.34. The van der Waals surface area contributed by atoms with Crippen molar-refractivity contribution in [1.29, 1.82) is 0 Å². The predicted molar refractivity (Wildman–Crippen MR) is 66.1 cm³/mol. The molecule has 5 nitrogen and oxygen atoms in total. The number of aliphatic hydroxyl groups excluding tert-OH is 1. The summed E-state index contributed by atoms with van der Waals surface area (Å²) in [6.45, 7) is 2.26. The van der Waals surface area contributed by atoms with Crippen LogP contribution in [0.3, 0.4) is 0 Å². The van der Waals surface area contributed by atoms with E-state index in [0.717, 1.165) is 50.5 Å². The molecule has 1 aliphatic heterocycles. The summed E-state index contributed by atoms with van der Waals surface area (Å²) in [6.07, 6.45) is 4.30. The fraction of sp³-hybridized carbons (Fsp3) is 0.667. The second-order valence-electron chi connectivity index (χ2n) is 4.58. The fourth-order valence-electron chi connectivity index (χ4n) is 2.34. The summed E-state index contributed by atoms with van der Waals surface area (Å²) in [5.74, 6) is 1.58. The molecule has 94 valence electrons. The normalized spacial score (nSPS) is 17.4. The Morgan fingerprint density at radius 2 is 2.18 bits per heavy atom. The van der Waals surface area contributed by atoms with Gasteiger partial charge >= 0.3 is 0 Å². The molecule has 0 saturated carbocycles. The van der Waals surface area contributed by atoms with Crippen LogP contribution in [-0.4, -0.2) is 35.0 Å². The molecular weight excluding hydrogens is 218 g/mol. The highest BCUT2D eigenvalue weighted by Crippen LogP contribution is 2.24. The van der Waals surface area contributed by atoms with E-state index >= 15 is 0 Å². The van der Waals surface area contributed by atoms with E-state index in [9.17, 15) is 4.79 Å². The number of aromatic amines is 1. The Morgan fingerprint density at radius 1 is 1.41 bits per heavy atom. The molecule has 1 saturated heterocycles. The van der Waals surface area contributed by atoms with E-state index in [1.165, 1.54) is 6.07 Å². The van der Waals surface area contributed by atoms with Gasteiger partial charge in [0.05, 0.1) is 0 Å². The molecule has 0 atom stereocenters. The number of nitrogens with zero attached hydrogens (tertiary/aromatic N) is 2. The van der Waals surface area contributed by atoms with Crippen molar-refractivity contribution < 1.29 is 5.11 Å². The van der Waals surface area contributed by atoms with Gasteiger partial charge in [0, 0.05) is 25.8 Å².